The third kappa shape index (κ3) is 3.40. The lowest BCUT2D eigenvalue weighted by atomic mass is 9.98. The number of rotatable bonds is 3. The normalized spacial score (nSPS) is 22.9. The van der Waals surface area contributed by atoms with Crippen LogP contribution in [0.2, 0.25) is 0 Å². The van der Waals surface area contributed by atoms with E-state index < -0.39 is 11.9 Å². The molecule has 2 heterocycles. The number of nitrogens with one attached hydrogen (secondary N) is 1. The lowest BCUT2D eigenvalue weighted by molar-refractivity contribution is -0.909. The second-order valence-electron chi connectivity index (χ2n) is 6.90. The first-order valence-corrected chi connectivity index (χ1v) is 8.95. The zero-order chi connectivity index (χ0) is 19.0. The minimum Gasteiger partial charge on any atom is -0.321 e. The third-order valence-corrected chi connectivity index (χ3v) is 5.27. The van der Waals surface area contributed by atoms with E-state index in [-0.39, 0.29) is 24.1 Å². The molecule has 0 radical (unpaired) electrons. The monoisotopic (exact) mass is 369 g/mol. The van der Waals surface area contributed by atoms with Crippen LogP contribution in [0.3, 0.4) is 0 Å². The van der Waals surface area contributed by atoms with Gasteiger partial charge in [-0.05, 0) is 53.6 Å². The molecule has 2 amide bonds. The number of benzene rings is 2. The summed E-state index contributed by atoms with van der Waals surface area (Å²) in [4.78, 5) is 27.4. The molecule has 1 unspecified atom stereocenters. The Balaban J connectivity index is 1.48. The molecule has 0 aromatic heterocycles. The van der Waals surface area contributed by atoms with E-state index >= 15 is 0 Å². The first-order valence-electron chi connectivity index (χ1n) is 8.95. The summed E-state index contributed by atoms with van der Waals surface area (Å²) in [5, 5.41) is 0. The van der Waals surface area contributed by atoms with Crippen molar-refractivity contribution in [2.24, 2.45) is 0 Å². The quantitative estimate of drug-likeness (QED) is 0.841. The highest BCUT2D eigenvalue weighted by molar-refractivity contribution is 6.21. The number of carbonyl (C=O) groups is 2. The van der Waals surface area contributed by atoms with Crippen LogP contribution >= 0.6 is 0 Å². The number of halogens is 2. The van der Waals surface area contributed by atoms with Crippen molar-refractivity contribution >= 4 is 23.1 Å². The number of quaternary nitrogens is 1. The molecule has 4 rings (SSSR count). The standard InChI is InChI=1S/C21H18F2N2O2/c22-16-3-1-14(2-4-16)15-9-11-24(12-10-15)19-13-20(26)25(21(19)27)18-7-5-17(23)6-8-18/h1-9,19H,10-13H2/p+1/t19-/m0/s1. The van der Waals surface area contributed by atoms with Gasteiger partial charge in [0.2, 0.25) is 5.91 Å². The summed E-state index contributed by atoms with van der Waals surface area (Å²) in [6, 6.07) is 11.4. The molecule has 2 aliphatic heterocycles. The summed E-state index contributed by atoms with van der Waals surface area (Å²) in [6.07, 6.45) is 2.98. The molecule has 2 atom stereocenters. The molecule has 0 saturated carbocycles. The molecule has 0 aliphatic carbocycles. The van der Waals surface area contributed by atoms with Gasteiger partial charge in [0.1, 0.15) is 11.6 Å². The molecule has 27 heavy (non-hydrogen) atoms. The molecule has 138 valence electrons. The highest BCUT2D eigenvalue weighted by atomic mass is 19.1. The van der Waals surface area contributed by atoms with E-state index in [1.807, 2.05) is 0 Å². The maximum atomic E-state index is 13.1. The Morgan fingerprint density at radius 1 is 0.926 bits per heavy atom. The highest BCUT2D eigenvalue weighted by Crippen LogP contribution is 2.23. The van der Waals surface area contributed by atoms with Gasteiger partial charge in [0, 0.05) is 6.42 Å². The maximum Gasteiger partial charge on any atom is 0.292 e. The molecular formula is C21H19F2N2O2+. The smallest absolute Gasteiger partial charge is 0.292 e. The van der Waals surface area contributed by atoms with Crippen molar-refractivity contribution in [1.29, 1.82) is 0 Å². The van der Waals surface area contributed by atoms with Crippen molar-refractivity contribution in [1.82, 2.24) is 0 Å². The van der Waals surface area contributed by atoms with Gasteiger partial charge in [-0.3, -0.25) is 9.59 Å². The van der Waals surface area contributed by atoms with Gasteiger partial charge in [0.05, 0.1) is 25.2 Å². The highest BCUT2D eigenvalue weighted by Gasteiger charge is 2.45. The van der Waals surface area contributed by atoms with E-state index in [0.29, 0.717) is 12.2 Å². The van der Waals surface area contributed by atoms with Crippen molar-refractivity contribution in [3.8, 4) is 0 Å². The van der Waals surface area contributed by atoms with E-state index in [2.05, 4.69) is 6.08 Å². The van der Waals surface area contributed by atoms with Gasteiger partial charge in [-0.2, -0.15) is 0 Å². The minimum absolute atomic E-state index is 0.158. The van der Waals surface area contributed by atoms with Crippen LogP contribution in [-0.4, -0.2) is 30.9 Å². The lowest BCUT2D eigenvalue weighted by Gasteiger charge is -2.27. The average molecular weight is 369 g/mol. The zero-order valence-electron chi connectivity index (χ0n) is 14.6. The predicted molar refractivity (Wildman–Crippen MR) is 97.0 cm³/mol. The van der Waals surface area contributed by atoms with E-state index in [4.69, 9.17) is 0 Å². The molecule has 6 heteroatoms. The first kappa shape index (κ1) is 17.5. The number of hydrogen-bond acceptors (Lipinski definition) is 2. The van der Waals surface area contributed by atoms with E-state index in [9.17, 15) is 18.4 Å². The van der Waals surface area contributed by atoms with E-state index in [1.165, 1.54) is 36.4 Å². The SMILES string of the molecule is O=C1C[C@H]([NH+]2CC=C(c3ccc(F)cc3)CC2)C(=O)N1c1ccc(F)cc1. The van der Waals surface area contributed by atoms with Gasteiger partial charge in [-0.15, -0.1) is 0 Å². The van der Waals surface area contributed by atoms with E-state index in [0.717, 1.165) is 33.9 Å². The number of amides is 2. The number of carbonyl (C=O) groups excluding carboxylic acids is 2. The minimum atomic E-state index is -0.423. The molecule has 0 bridgehead atoms. The van der Waals surface area contributed by atoms with E-state index in [1.54, 1.807) is 12.1 Å². The third-order valence-electron chi connectivity index (χ3n) is 5.27. The first-order chi connectivity index (χ1) is 13.0. The largest absolute Gasteiger partial charge is 0.321 e. The topological polar surface area (TPSA) is 41.8 Å². The average Bonchev–Trinajstić information content (AvgIpc) is 2.98. The van der Waals surface area contributed by atoms with Crippen molar-refractivity contribution in [2.75, 3.05) is 18.0 Å². The number of nitrogens with zero attached hydrogens (tertiary/aromatic N) is 1. The predicted octanol–water partition coefficient (Wildman–Crippen LogP) is 1.97. The number of hydrogen-bond donors (Lipinski definition) is 1. The van der Waals surface area contributed by atoms with Gasteiger partial charge in [0.15, 0.2) is 6.04 Å². The van der Waals surface area contributed by atoms with Crippen molar-refractivity contribution in [3.05, 3.63) is 71.8 Å². The van der Waals surface area contributed by atoms with Gasteiger partial charge in [0.25, 0.3) is 5.91 Å². The zero-order valence-corrected chi connectivity index (χ0v) is 14.6. The lowest BCUT2D eigenvalue weighted by Crippen LogP contribution is -3.17. The fourth-order valence-electron chi connectivity index (χ4n) is 3.81. The van der Waals surface area contributed by atoms with Gasteiger partial charge in [-0.1, -0.05) is 12.1 Å². The van der Waals surface area contributed by atoms with Crippen molar-refractivity contribution in [2.45, 2.75) is 18.9 Å². The Kier molecular flexibility index (Phi) is 4.58. The molecule has 4 nitrogen and oxygen atoms in total. The molecule has 1 N–H and O–H groups in total. The summed E-state index contributed by atoms with van der Waals surface area (Å²) in [5.41, 5.74) is 2.52. The Morgan fingerprint density at radius 2 is 1.56 bits per heavy atom. The summed E-state index contributed by atoms with van der Waals surface area (Å²) in [5.74, 6) is -1.16. The molecule has 2 aromatic rings. The molecular weight excluding hydrogens is 350 g/mol. The van der Waals surface area contributed by atoms with Crippen LogP contribution in [0.25, 0.3) is 5.57 Å². The fraction of sp³-hybridized carbons (Fsp3) is 0.238. The summed E-state index contributed by atoms with van der Waals surface area (Å²) >= 11 is 0. The maximum absolute atomic E-state index is 13.1. The number of anilines is 1. The van der Waals surface area contributed by atoms with Crippen LogP contribution in [0, 0.1) is 11.6 Å². The number of imide groups is 1. The van der Waals surface area contributed by atoms with Crippen LogP contribution in [0.15, 0.2) is 54.6 Å². The second kappa shape index (κ2) is 7.04. The summed E-state index contributed by atoms with van der Waals surface area (Å²) in [7, 11) is 0. The Hall–Kier alpha value is -2.86. The molecule has 2 aromatic carbocycles. The van der Waals surface area contributed by atoms with Gasteiger partial charge >= 0.3 is 0 Å². The molecule has 0 spiro atoms. The summed E-state index contributed by atoms with van der Waals surface area (Å²) < 4.78 is 26.2. The molecule has 1 fully saturated rings. The van der Waals surface area contributed by atoms with Crippen LogP contribution in [-0.2, 0) is 9.59 Å². The fourth-order valence-corrected chi connectivity index (χ4v) is 3.81. The Labute approximate surface area is 155 Å². The Morgan fingerprint density at radius 3 is 2.15 bits per heavy atom. The molecule has 2 aliphatic rings. The van der Waals surface area contributed by atoms with Crippen molar-refractivity contribution < 1.29 is 23.3 Å². The van der Waals surface area contributed by atoms with Crippen LogP contribution < -0.4 is 9.80 Å². The van der Waals surface area contributed by atoms with Gasteiger partial charge < -0.3 is 4.90 Å². The molecule has 1 saturated heterocycles. The summed E-state index contributed by atoms with van der Waals surface area (Å²) in [6.45, 7) is 1.36. The van der Waals surface area contributed by atoms with Crippen molar-refractivity contribution in [3.63, 3.8) is 0 Å². The Bertz CT molecular complexity index is 907. The van der Waals surface area contributed by atoms with Crippen LogP contribution in [0.5, 0.6) is 0 Å². The van der Waals surface area contributed by atoms with Gasteiger partial charge in [-0.25, -0.2) is 13.7 Å². The second-order valence-corrected chi connectivity index (χ2v) is 6.90. The van der Waals surface area contributed by atoms with Crippen LogP contribution in [0.4, 0.5) is 14.5 Å². The van der Waals surface area contributed by atoms with Crippen LogP contribution in [0.1, 0.15) is 18.4 Å².